The second-order valence-electron chi connectivity index (χ2n) is 5.17. The van der Waals surface area contributed by atoms with E-state index in [1.165, 1.54) is 0 Å². The van der Waals surface area contributed by atoms with Crippen LogP contribution in [0.4, 0.5) is 0 Å². The van der Waals surface area contributed by atoms with Crippen LogP contribution in [0.2, 0.25) is 0 Å². The monoisotopic (exact) mass is 245 g/mol. The number of ether oxygens (including phenoxy) is 1. The van der Waals surface area contributed by atoms with E-state index in [1.54, 1.807) is 0 Å². The molecule has 0 spiro atoms. The molecule has 1 aliphatic heterocycles. The highest BCUT2D eigenvalue weighted by molar-refractivity contribution is 6.18. The molecule has 1 aliphatic carbocycles. The van der Waals surface area contributed by atoms with Crippen LogP contribution in [-0.2, 0) is 9.53 Å². The smallest absolute Gasteiger partial charge is 0.249 e. The van der Waals surface area contributed by atoms with Gasteiger partial charge in [0.1, 0.15) is 6.10 Å². The Hall–Kier alpha value is -0.280. The minimum atomic E-state index is -0.263. The van der Waals surface area contributed by atoms with Gasteiger partial charge in [-0.3, -0.25) is 4.79 Å². The third kappa shape index (κ3) is 2.35. The molecular formula is C12H20ClNO2. The predicted octanol–water partition coefficient (Wildman–Crippen LogP) is 2.08. The molecule has 0 aromatic carbocycles. The molecule has 2 fully saturated rings. The minimum Gasteiger partial charge on any atom is -0.368 e. The van der Waals surface area contributed by atoms with Crippen molar-refractivity contribution in [1.29, 1.82) is 0 Å². The van der Waals surface area contributed by atoms with E-state index in [9.17, 15) is 4.79 Å². The summed E-state index contributed by atoms with van der Waals surface area (Å²) in [6, 6.07) is 0. The third-order valence-corrected chi connectivity index (χ3v) is 4.36. The Balaban J connectivity index is 1.95. The number of amides is 1. The molecule has 2 atom stereocenters. The maximum Gasteiger partial charge on any atom is 0.249 e. The van der Waals surface area contributed by atoms with Crippen LogP contribution in [0.3, 0.4) is 0 Å². The van der Waals surface area contributed by atoms with E-state index >= 15 is 0 Å². The van der Waals surface area contributed by atoms with Crippen LogP contribution < -0.4 is 5.32 Å². The molecule has 1 N–H and O–H groups in total. The van der Waals surface area contributed by atoms with Gasteiger partial charge in [0.15, 0.2) is 0 Å². The number of halogens is 1. The molecule has 0 aromatic rings. The lowest BCUT2D eigenvalue weighted by Crippen LogP contribution is -2.52. The van der Waals surface area contributed by atoms with Gasteiger partial charge in [0.05, 0.1) is 5.54 Å². The quantitative estimate of drug-likeness (QED) is 0.774. The Morgan fingerprint density at radius 1 is 1.50 bits per heavy atom. The van der Waals surface area contributed by atoms with Gasteiger partial charge in [-0.2, -0.15) is 0 Å². The van der Waals surface area contributed by atoms with Crippen molar-refractivity contribution < 1.29 is 9.53 Å². The van der Waals surface area contributed by atoms with Gasteiger partial charge in [-0.15, -0.1) is 11.6 Å². The maximum absolute atomic E-state index is 12.1. The molecule has 1 saturated heterocycles. The highest BCUT2D eigenvalue weighted by Crippen LogP contribution is 2.31. The maximum atomic E-state index is 12.1. The summed E-state index contributed by atoms with van der Waals surface area (Å²) < 4.78 is 5.47. The van der Waals surface area contributed by atoms with E-state index in [0.29, 0.717) is 18.4 Å². The topological polar surface area (TPSA) is 38.3 Å². The zero-order valence-corrected chi connectivity index (χ0v) is 10.6. The Bertz CT molecular complexity index is 264. The lowest BCUT2D eigenvalue weighted by molar-refractivity contribution is -0.133. The van der Waals surface area contributed by atoms with Gasteiger partial charge in [0.25, 0.3) is 0 Å². The Morgan fingerprint density at radius 3 is 2.69 bits per heavy atom. The Labute approximate surface area is 102 Å². The Kier molecular flexibility index (Phi) is 3.75. The fraction of sp³-hybridized carbons (Fsp3) is 0.917. The van der Waals surface area contributed by atoms with Crippen molar-refractivity contribution >= 4 is 17.5 Å². The molecule has 0 radical (unpaired) electrons. The van der Waals surface area contributed by atoms with Crippen LogP contribution in [0.5, 0.6) is 0 Å². The summed E-state index contributed by atoms with van der Waals surface area (Å²) in [6.45, 7) is 2.77. The summed E-state index contributed by atoms with van der Waals surface area (Å²) in [4.78, 5) is 12.1. The van der Waals surface area contributed by atoms with Crippen LogP contribution in [-0.4, -0.2) is 30.0 Å². The van der Waals surface area contributed by atoms with Crippen LogP contribution in [0.15, 0.2) is 0 Å². The number of hydrogen-bond acceptors (Lipinski definition) is 2. The fourth-order valence-electron chi connectivity index (χ4n) is 2.71. The first-order chi connectivity index (χ1) is 7.67. The van der Waals surface area contributed by atoms with E-state index in [1.807, 2.05) is 0 Å². The first kappa shape index (κ1) is 12.2. The second kappa shape index (κ2) is 4.92. The average molecular weight is 246 g/mol. The SMILES string of the molecule is CC1CCOC1C(=O)NC1(CCl)CCCC1. The fourth-order valence-corrected chi connectivity index (χ4v) is 3.04. The molecule has 92 valence electrons. The normalized spacial score (nSPS) is 32.9. The zero-order valence-electron chi connectivity index (χ0n) is 9.80. The van der Waals surface area contributed by atoms with Crippen molar-refractivity contribution in [3.8, 4) is 0 Å². The van der Waals surface area contributed by atoms with Crippen LogP contribution in [0.1, 0.15) is 39.0 Å². The van der Waals surface area contributed by atoms with Crippen molar-refractivity contribution in [2.24, 2.45) is 5.92 Å². The summed E-state index contributed by atoms with van der Waals surface area (Å²) in [7, 11) is 0. The zero-order chi connectivity index (χ0) is 11.6. The number of alkyl halides is 1. The van der Waals surface area contributed by atoms with E-state index in [0.717, 1.165) is 32.1 Å². The molecule has 1 heterocycles. The minimum absolute atomic E-state index is 0.0348. The highest BCUT2D eigenvalue weighted by Gasteiger charge is 2.39. The van der Waals surface area contributed by atoms with Gasteiger partial charge in [-0.25, -0.2) is 0 Å². The van der Waals surface area contributed by atoms with E-state index in [4.69, 9.17) is 16.3 Å². The molecule has 4 heteroatoms. The van der Waals surface area contributed by atoms with Crippen molar-refractivity contribution in [1.82, 2.24) is 5.32 Å². The molecule has 0 bridgehead atoms. The first-order valence-corrected chi connectivity index (χ1v) is 6.70. The average Bonchev–Trinajstić information content (AvgIpc) is 2.87. The van der Waals surface area contributed by atoms with E-state index in [2.05, 4.69) is 12.2 Å². The number of hydrogen-bond donors (Lipinski definition) is 1. The van der Waals surface area contributed by atoms with Crippen LogP contribution in [0.25, 0.3) is 0 Å². The largest absolute Gasteiger partial charge is 0.368 e. The molecule has 2 aliphatic rings. The molecule has 3 nitrogen and oxygen atoms in total. The summed E-state index contributed by atoms with van der Waals surface area (Å²) in [5.41, 5.74) is -0.162. The summed E-state index contributed by atoms with van der Waals surface area (Å²) >= 11 is 6.00. The highest BCUT2D eigenvalue weighted by atomic mass is 35.5. The van der Waals surface area contributed by atoms with Crippen molar-refractivity contribution in [2.45, 2.75) is 50.7 Å². The molecule has 2 rings (SSSR count). The van der Waals surface area contributed by atoms with E-state index in [-0.39, 0.29) is 17.6 Å². The molecular weight excluding hydrogens is 226 g/mol. The van der Waals surface area contributed by atoms with Gasteiger partial charge >= 0.3 is 0 Å². The molecule has 1 saturated carbocycles. The summed E-state index contributed by atoms with van der Waals surface area (Å²) in [6.07, 6.45) is 5.04. The second-order valence-corrected chi connectivity index (χ2v) is 5.43. The van der Waals surface area contributed by atoms with Gasteiger partial charge in [-0.1, -0.05) is 19.8 Å². The van der Waals surface area contributed by atoms with Gasteiger partial charge in [0, 0.05) is 12.5 Å². The number of carbonyl (C=O) groups is 1. The number of nitrogens with one attached hydrogen (secondary N) is 1. The lowest BCUT2D eigenvalue weighted by atomic mass is 9.98. The summed E-state index contributed by atoms with van der Waals surface area (Å²) in [5.74, 6) is 0.876. The van der Waals surface area contributed by atoms with Gasteiger partial charge < -0.3 is 10.1 Å². The van der Waals surface area contributed by atoms with Crippen LogP contribution in [0, 0.1) is 5.92 Å². The molecule has 2 unspecified atom stereocenters. The molecule has 1 amide bonds. The third-order valence-electron chi connectivity index (χ3n) is 3.85. The first-order valence-electron chi connectivity index (χ1n) is 6.16. The summed E-state index contributed by atoms with van der Waals surface area (Å²) in [5, 5.41) is 3.12. The molecule has 0 aromatic heterocycles. The number of carbonyl (C=O) groups excluding carboxylic acids is 1. The van der Waals surface area contributed by atoms with Gasteiger partial charge in [0.2, 0.25) is 5.91 Å². The van der Waals surface area contributed by atoms with Crippen LogP contribution >= 0.6 is 11.6 Å². The Morgan fingerprint density at radius 2 is 2.19 bits per heavy atom. The number of rotatable bonds is 3. The predicted molar refractivity (Wildman–Crippen MR) is 63.6 cm³/mol. The van der Waals surface area contributed by atoms with Gasteiger partial charge in [-0.05, 0) is 25.2 Å². The lowest BCUT2D eigenvalue weighted by Gasteiger charge is -2.29. The standard InChI is InChI=1S/C12H20ClNO2/c1-9-4-7-16-10(9)11(15)14-12(8-13)5-2-3-6-12/h9-10H,2-8H2,1H3,(H,14,15). The van der Waals surface area contributed by atoms with E-state index < -0.39 is 0 Å². The van der Waals surface area contributed by atoms with Crippen molar-refractivity contribution in [3.63, 3.8) is 0 Å². The van der Waals surface area contributed by atoms with Crippen molar-refractivity contribution in [3.05, 3.63) is 0 Å². The molecule has 16 heavy (non-hydrogen) atoms. The van der Waals surface area contributed by atoms with Crippen molar-refractivity contribution in [2.75, 3.05) is 12.5 Å².